The minimum Gasteiger partial charge on any atom is -0.381 e. The maximum atomic E-state index is 12.4. The lowest BCUT2D eigenvalue weighted by atomic mass is 10.2. The van der Waals surface area contributed by atoms with E-state index < -0.39 is 10.0 Å². The van der Waals surface area contributed by atoms with Gasteiger partial charge < -0.3 is 10.6 Å². The second-order valence-electron chi connectivity index (χ2n) is 7.36. The molecule has 3 aromatic rings. The average Bonchev–Trinajstić information content (AvgIpc) is 3.16. The standard InChI is InChI=1S/C23H24N4O3S/c28-23(26-16-18-6-2-1-3-7-18)22-15-20(10-11-24-22)25-17-19-8-4-9-21(14-19)27-12-5-13-31(27,29)30/h1-4,6-11,14-15H,5,12-13,16-17H2,(H,24,25)(H,26,28). The molecule has 8 heteroatoms. The van der Waals surface area contributed by atoms with Gasteiger partial charge in [0.15, 0.2) is 0 Å². The predicted molar refractivity (Wildman–Crippen MR) is 121 cm³/mol. The summed E-state index contributed by atoms with van der Waals surface area (Å²) in [5.41, 5.74) is 3.75. The van der Waals surface area contributed by atoms with E-state index in [0.717, 1.165) is 16.8 Å². The first kappa shape index (κ1) is 20.9. The Morgan fingerprint density at radius 3 is 2.55 bits per heavy atom. The van der Waals surface area contributed by atoms with Crippen molar-refractivity contribution in [1.29, 1.82) is 0 Å². The van der Waals surface area contributed by atoms with Crippen LogP contribution in [0.5, 0.6) is 0 Å². The van der Waals surface area contributed by atoms with Gasteiger partial charge in [-0.1, -0.05) is 42.5 Å². The molecule has 1 aliphatic rings. The third-order valence-electron chi connectivity index (χ3n) is 5.08. The van der Waals surface area contributed by atoms with Crippen molar-refractivity contribution < 1.29 is 13.2 Å². The third-order valence-corrected chi connectivity index (χ3v) is 6.95. The second-order valence-corrected chi connectivity index (χ2v) is 9.38. The van der Waals surface area contributed by atoms with Crippen LogP contribution >= 0.6 is 0 Å². The average molecular weight is 437 g/mol. The number of nitrogens with zero attached hydrogens (tertiary/aromatic N) is 2. The fourth-order valence-corrected chi connectivity index (χ4v) is 5.04. The molecule has 0 radical (unpaired) electrons. The number of anilines is 2. The number of hydrogen-bond donors (Lipinski definition) is 2. The molecule has 1 fully saturated rings. The van der Waals surface area contributed by atoms with Crippen molar-refractivity contribution in [2.45, 2.75) is 19.5 Å². The molecule has 31 heavy (non-hydrogen) atoms. The number of carbonyl (C=O) groups is 1. The highest BCUT2D eigenvalue weighted by Gasteiger charge is 2.28. The Bertz CT molecular complexity index is 1170. The normalized spacial score (nSPS) is 14.9. The lowest BCUT2D eigenvalue weighted by molar-refractivity contribution is 0.0946. The zero-order valence-corrected chi connectivity index (χ0v) is 17.8. The van der Waals surface area contributed by atoms with Crippen molar-refractivity contribution >= 4 is 27.3 Å². The Labute approximate surface area is 182 Å². The summed E-state index contributed by atoms with van der Waals surface area (Å²) in [5.74, 6) is -0.0459. The van der Waals surface area contributed by atoms with Gasteiger partial charge in [-0.2, -0.15) is 0 Å². The van der Waals surface area contributed by atoms with Crippen LogP contribution in [0.4, 0.5) is 11.4 Å². The van der Waals surface area contributed by atoms with E-state index >= 15 is 0 Å². The smallest absolute Gasteiger partial charge is 0.270 e. The second kappa shape index (κ2) is 9.18. The minimum absolute atomic E-state index is 0.196. The van der Waals surface area contributed by atoms with Gasteiger partial charge in [-0.25, -0.2) is 8.42 Å². The molecule has 7 nitrogen and oxygen atoms in total. The highest BCUT2D eigenvalue weighted by atomic mass is 32.2. The molecule has 0 saturated carbocycles. The molecule has 0 aliphatic carbocycles. The molecule has 0 bridgehead atoms. The van der Waals surface area contributed by atoms with E-state index in [1.807, 2.05) is 54.6 Å². The Balaban J connectivity index is 1.38. The fourth-order valence-electron chi connectivity index (χ4n) is 3.49. The van der Waals surface area contributed by atoms with Crippen molar-refractivity contribution in [1.82, 2.24) is 10.3 Å². The van der Waals surface area contributed by atoms with Crippen LogP contribution in [0.15, 0.2) is 72.9 Å². The van der Waals surface area contributed by atoms with E-state index in [0.29, 0.717) is 37.4 Å². The van der Waals surface area contributed by atoms with Crippen LogP contribution in [-0.2, 0) is 23.1 Å². The molecule has 4 rings (SSSR count). The van der Waals surface area contributed by atoms with Gasteiger partial charge in [0.25, 0.3) is 5.91 Å². The maximum absolute atomic E-state index is 12.4. The lowest BCUT2D eigenvalue weighted by Crippen LogP contribution is -2.25. The van der Waals surface area contributed by atoms with Crippen LogP contribution in [-0.4, -0.2) is 31.6 Å². The van der Waals surface area contributed by atoms with Crippen molar-refractivity contribution in [3.63, 3.8) is 0 Å². The quantitative estimate of drug-likeness (QED) is 0.594. The molecular formula is C23H24N4O3S. The van der Waals surface area contributed by atoms with E-state index in [2.05, 4.69) is 15.6 Å². The topological polar surface area (TPSA) is 91.4 Å². The van der Waals surface area contributed by atoms with Crippen molar-refractivity contribution in [3.05, 3.63) is 89.7 Å². The Morgan fingerprint density at radius 2 is 1.77 bits per heavy atom. The molecule has 2 N–H and O–H groups in total. The number of amides is 1. The van der Waals surface area contributed by atoms with E-state index in [1.54, 1.807) is 18.3 Å². The predicted octanol–water partition coefficient (Wildman–Crippen LogP) is 3.16. The number of pyridine rings is 1. The van der Waals surface area contributed by atoms with Crippen LogP contribution in [0.3, 0.4) is 0 Å². The molecule has 0 atom stereocenters. The maximum Gasteiger partial charge on any atom is 0.270 e. The molecule has 2 heterocycles. The largest absolute Gasteiger partial charge is 0.381 e. The first-order valence-corrected chi connectivity index (χ1v) is 11.7. The van der Waals surface area contributed by atoms with Gasteiger partial charge in [0.1, 0.15) is 5.69 Å². The van der Waals surface area contributed by atoms with Crippen molar-refractivity contribution in [2.75, 3.05) is 21.9 Å². The number of sulfonamides is 1. The van der Waals surface area contributed by atoms with Crippen LogP contribution in [0.1, 0.15) is 28.0 Å². The Kier molecular flexibility index (Phi) is 6.18. The molecule has 1 saturated heterocycles. The number of hydrogen-bond acceptors (Lipinski definition) is 5. The van der Waals surface area contributed by atoms with E-state index in [4.69, 9.17) is 0 Å². The molecule has 0 unspecified atom stereocenters. The molecule has 1 aliphatic heterocycles. The SMILES string of the molecule is O=C(NCc1ccccc1)c1cc(NCc2cccc(N3CCCS3(=O)=O)c2)ccn1. The number of aromatic nitrogens is 1. The highest BCUT2D eigenvalue weighted by molar-refractivity contribution is 7.93. The van der Waals surface area contributed by atoms with E-state index in [9.17, 15) is 13.2 Å². The van der Waals surface area contributed by atoms with Crippen LogP contribution in [0, 0.1) is 0 Å². The Morgan fingerprint density at radius 1 is 0.968 bits per heavy atom. The molecule has 160 valence electrons. The summed E-state index contributed by atoms with van der Waals surface area (Å²) in [6, 6.07) is 20.7. The van der Waals surface area contributed by atoms with E-state index in [-0.39, 0.29) is 11.7 Å². The first-order valence-electron chi connectivity index (χ1n) is 10.1. The van der Waals surface area contributed by atoms with Gasteiger partial charge in [-0.15, -0.1) is 0 Å². The van der Waals surface area contributed by atoms with E-state index in [1.165, 1.54) is 4.31 Å². The molecular weight excluding hydrogens is 412 g/mol. The summed E-state index contributed by atoms with van der Waals surface area (Å²) in [6.07, 6.45) is 2.24. The van der Waals surface area contributed by atoms with Crippen molar-refractivity contribution in [3.8, 4) is 0 Å². The van der Waals surface area contributed by atoms with Gasteiger partial charge in [-0.3, -0.25) is 14.1 Å². The van der Waals surface area contributed by atoms with Gasteiger partial charge in [-0.05, 0) is 41.8 Å². The minimum atomic E-state index is -3.20. The molecule has 1 aromatic heterocycles. The van der Waals surface area contributed by atoms with Crippen molar-refractivity contribution in [2.24, 2.45) is 0 Å². The lowest BCUT2D eigenvalue weighted by Gasteiger charge is -2.18. The van der Waals surface area contributed by atoms with Gasteiger partial charge in [0.05, 0.1) is 11.4 Å². The molecule has 0 spiro atoms. The van der Waals surface area contributed by atoms with Gasteiger partial charge in [0, 0.05) is 31.5 Å². The summed E-state index contributed by atoms with van der Waals surface area (Å²) < 4.78 is 25.8. The fraction of sp³-hybridized carbons (Fsp3) is 0.217. The zero-order valence-electron chi connectivity index (χ0n) is 17.0. The Hall–Kier alpha value is -3.39. The summed E-state index contributed by atoms with van der Waals surface area (Å²) in [7, 11) is -3.20. The van der Waals surface area contributed by atoms with Crippen LogP contribution < -0.4 is 14.9 Å². The number of benzene rings is 2. The number of nitrogens with one attached hydrogen (secondary N) is 2. The zero-order chi connectivity index (χ0) is 21.7. The number of carbonyl (C=O) groups excluding carboxylic acids is 1. The summed E-state index contributed by atoms with van der Waals surface area (Å²) >= 11 is 0. The molecule has 2 aromatic carbocycles. The summed E-state index contributed by atoms with van der Waals surface area (Å²) in [5, 5.41) is 6.15. The van der Waals surface area contributed by atoms with Gasteiger partial charge >= 0.3 is 0 Å². The van der Waals surface area contributed by atoms with Gasteiger partial charge in [0.2, 0.25) is 10.0 Å². The summed E-state index contributed by atoms with van der Waals surface area (Å²) in [6.45, 7) is 1.45. The number of rotatable bonds is 7. The third kappa shape index (κ3) is 5.21. The highest BCUT2D eigenvalue weighted by Crippen LogP contribution is 2.25. The first-order chi connectivity index (χ1) is 15.0. The molecule has 1 amide bonds. The van der Waals surface area contributed by atoms with Crippen LogP contribution in [0.2, 0.25) is 0 Å². The monoisotopic (exact) mass is 436 g/mol. The van der Waals surface area contributed by atoms with Crippen LogP contribution in [0.25, 0.3) is 0 Å². The summed E-state index contributed by atoms with van der Waals surface area (Å²) in [4.78, 5) is 16.6.